The number of methoxy groups -OCH3 is 2. The lowest BCUT2D eigenvalue weighted by atomic mass is 10.1. The highest BCUT2D eigenvalue weighted by molar-refractivity contribution is 5.51. The lowest BCUT2D eigenvalue weighted by Crippen LogP contribution is -2.28. The molecule has 1 rings (SSSR count). The molecule has 1 atom stereocenters. The van der Waals surface area contributed by atoms with Gasteiger partial charge in [-0.05, 0) is 6.07 Å². The summed E-state index contributed by atoms with van der Waals surface area (Å²) in [5.74, 6) is -0.393. The number of aromatic hydroxyl groups is 1. The summed E-state index contributed by atoms with van der Waals surface area (Å²) in [4.78, 5) is 0. The van der Waals surface area contributed by atoms with Crippen LogP contribution in [0.2, 0.25) is 0 Å². The number of phenols is 1. The summed E-state index contributed by atoms with van der Waals surface area (Å²) >= 11 is 0. The average molecular weight is 251 g/mol. The second-order valence-electron chi connectivity index (χ2n) is 3.29. The van der Waals surface area contributed by atoms with E-state index in [-0.39, 0.29) is 11.5 Å². The summed E-state index contributed by atoms with van der Waals surface area (Å²) in [6, 6.07) is -0.242. The van der Waals surface area contributed by atoms with E-state index in [9.17, 15) is 18.3 Å². The molecule has 0 aliphatic heterocycles. The lowest BCUT2D eigenvalue weighted by Gasteiger charge is -2.18. The fourth-order valence-electron chi connectivity index (χ4n) is 1.31. The van der Waals surface area contributed by atoms with Crippen LogP contribution in [-0.4, -0.2) is 25.5 Å². The highest BCUT2D eigenvalue weighted by Gasteiger charge is 2.39. The minimum atomic E-state index is -4.64. The van der Waals surface area contributed by atoms with Crippen molar-refractivity contribution in [2.75, 3.05) is 14.2 Å². The highest BCUT2D eigenvalue weighted by atomic mass is 19.4. The molecule has 0 heterocycles. The van der Waals surface area contributed by atoms with Crippen LogP contribution in [0.4, 0.5) is 13.2 Å². The standard InChI is InChI=1S/C10H12F3NO3/c1-16-7-3-5(9(14)10(11,12)13)6(15)4-8(7)17-2/h3-4,9,15H,14H2,1-2H3/t9-/m0/s1. The first-order valence-corrected chi connectivity index (χ1v) is 4.58. The molecule has 0 spiro atoms. The summed E-state index contributed by atoms with van der Waals surface area (Å²) in [5, 5.41) is 9.46. The van der Waals surface area contributed by atoms with Gasteiger partial charge in [-0.25, -0.2) is 0 Å². The number of phenolic OH excluding ortho intramolecular Hbond substituents is 1. The second-order valence-corrected chi connectivity index (χ2v) is 3.29. The van der Waals surface area contributed by atoms with Gasteiger partial charge >= 0.3 is 6.18 Å². The van der Waals surface area contributed by atoms with E-state index in [0.29, 0.717) is 0 Å². The van der Waals surface area contributed by atoms with Crippen molar-refractivity contribution in [2.24, 2.45) is 5.73 Å². The molecule has 0 aliphatic carbocycles. The first-order valence-electron chi connectivity index (χ1n) is 4.58. The van der Waals surface area contributed by atoms with Crippen molar-refractivity contribution in [1.29, 1.82) is 0 Å². The zero-order valence-electron chi connectivity index (χ0n) is 9.21. The molecule has 0 aliphatic rings. The van der Waals surface area contributed by atoms with Gasteiger partial charge in [-0.2, -0.15) is 13.2 Å². The molecule has 4 nitrogen and oxygen atoms in total. The first kappa shape index (κ1) is 13.4. The molecule has 0 unspecified atom stereocenters. The molecule has 0 aromatic heterocycles. The van der Waals surface area contributed by atoms with Crippen LogP contribution in [0.3, 0.4) is 0 Å². The number of nitrogens with two attached hydrogens (primary N) is 1. The SMILES string of the molecule is COc1cc(O)c([C@H](N)C(F)(F)F)cc1OC. The van der Waals surface area contributed by atoms with Gasteiger partial charge in [0.15, 0.2) is 11.5 Å². The van der Waals surface area contributed by atoms with E-state index >= 15 is 0 Å². The van der Waals surface area contributed by atoms with E-state index in [1.807, 2.05) is 0 Å². The molecule has 0 bridgehead atoms. The maximum absolute atomic E-state index is 12.4. The van der Waals surface area contributed by atoms with Crippen LogP contribution in [0.1, 0.15) is 11.6 Å². The Balaban J connectivity index is 3.26. The monoisotopic (exact) mass is 251 g/mol. The van der Waals surface area contributed by atoms with Gasteiger partial charge in [-0.1, -0.05) is 0 Å². The van der Waals surface area contributed by atoms with Gasteiger partial charge in [-0.15, -0.1) is 0 Å². The van der Waals surface area contributed by atoms with Gasteiger partial charge in [0.1, 0.15) is 11.8 Å². The number of halogens is 3. The van der Waals surface area contributed by atoms with Crippen molar-refractivity contribution < 1.29 is 27.8 Å². The maximum atomic E-state index is 12.4. The van der Waals surface area contributed by atoms with E-state index in [4.69, 9.17) is 15.2 Å². The Bertz CT molecular complexity index is 407. The fraction of sp³-hybridized carbons (Fsp3) is 0.400. The summed E-state index contributed by atoms with van der Waals surface area (Å²) < 4.78 is 46.9. The van der Waals surface area contributed by atoms with E-state index in [1.54, 1.807) is 0 Å². The normalized spacial score (nSPS) is 13.3. The number of hydrogen-bond donors (Lipinski definition) is 2. The largest absolute Gasteiger partial charge is 0.507 e. The molecule has 7 heteroatoms. The molecule has 0 fully saturated rings. The van der Waals surface area contributed by atoms with Crippen LogP contribution in [0.5, 0.6) is 17.2 Å². The first-order chi connectivity index (χ1) is 7.81. The molecular weight excluding hydrogens is 239 g/mol. The van der Waals surface area contributed by atoms with Gasteiger partial charge in [0.2, 0.25) is 0 Å². The molecule has 0 radical (unpaired) electrons. The van der Waals surface area contributed by atoms with Crippen LogP contribution in [-0.2, 0) is 0 Å². The van der Waals surface area contributed by atoms with Crippen molar-refractivity contribution in [3.05, 3.63) is 17.7 Å². The van der Waals surface area contributed by atoms with Gasteiger partial charge < -0.3 is 20.3 Å². The van der Waals surface area contributed by atoms with E-state index in [1.165, 1.54) is 14.2 Å². The maximum Gasteiger partial charge on any atom is 0.407 e. The van der Waals surface area contributed by atoms with Crippen molar-refractivity contribution in [3.63, 3.8) is 0 Å². The number of rotatable bonds is 3. The Kier molecular flexibility index (Phi) is 3.72. The van der Waals surface area contributed by atoms with Crippen LogP contribution in [0.15, 0.2) is 12.1 Å². The Labute approximate surface area is 95.7 Å². The summed E-state index contributed by atoms with van der Waals surface area (Å²) in [6.45, 7) is 0. The molecule has 1 aromatic carbocycles. The van der Waals surface area contributed by atoms with Gasteiger partial charge in [0.05, 0.1) is 14.2 Å². The minimum Gasteiger partial charge on any atom is -0.507 e. The Morgan fingerprint density at radius 2 is 1.65 bits per heavy atom. The summed E-state index contributed by atoms with van der Waals surface area (Å²) in [5.41, 5.74) is 4.54. The van der Waals surface area contributed by atoms with Crippen LogP contribution in [0, 0.1) is 0 Å². The van der Waals surface area contributed by atoms with Crippen molar-refractivity contribution in [2.45, 2.75) is 12.2 Å². The van der Waals surface area contributed by atoms with Crippen LogP contribution in [0.25, 0.3) is 0 Å². The molecule has 0 amide bonds. The van der Waals surface area contributed by atoms with Crippen molar-refractivity contribution >= 4 is 0 Å². The minimum absolute atomic E-state index is 0.0694. The quantitative estimate of drug-likeness (QED) is 0.862. The number of benzene rings is 1. The van der Waals surface area contributed by atoms with Crippen molar-refractivity contribution in [1.82, 2.24) is 0 Å². The van der Waals surface area contributed by atoms with Gasteiger partial charge in [0.25, 0.3) is 0 Å². The zero-order valence-corrected chi connectivity index (χ0v) is 9.21. The third-order valence-corrected chi connectivity index (χ3v) is 2.22. The smallest absolute Gasteiger partial charge is 0.407 e. The van der Waals surface area contributed by atoms with Gasteiger partial charge in [0, 0.05) is 11.6 Å². The zero-order chi connectivity index (χ0) is 13.2. The molecular formula is C10H12F3NO3. The fourth-order valence-corrected chi connectivity index (χ4v) is 1.31. The van der Waals surface area contributed by atoms with E-state index in [2.05, 4.69) is 0 Å². The predicted molar refractivity (Wildman–Crippen MR) is 54.2 cm³/mol. The van der Waals surface area contributed by atoms with Crippen molar-refractivity contribution in [3.8, 4) is 17.2 Å². The van der Waals surface area contributed by atoms with E-state index in [0.717, 1.165) is 12.1 Å². The summed E-state index contributed by atoms with van der Waals surface area (Å²) in [6.07, 6.45) is -4.64. The second kappa shape index (κ2) is 4.70. The van der Waals surface area contributed by atoms with Crippen LogP contribution >= 0.6 is 0 Å². The average Bonchev–Trinajstić information content (AvgIpc) is 2.26. The molecule has 3 N–H and O–H groups in total. The molecule has 17 heavy (non-hydrogen) atoms. The third-order valence-electron chi connectivity index (χ3n) is 2.22. The Hall–Kier alpha value is -1.63. The highest BCUT2D eigenvalue weighted by Crippen LogP contribution is 2.40. The molecule has 96 valence electrons. The predicted octanol–water partition coefficient (Wildman–Crippen LogP) is 1.97. The van der Waals surface area contributed by atoms with Crippen LogP contribution < -0.4 is 15.2 Å². The molecule has 0 saturated carbocycles. The lowest BCUT2D eigenvalue weighted by molar-refractivity contribution is -0.149. The molecule has 0 saturated heterocycles. The topological polar surface area (TPSA) is 64.7 Å². The van der Waals surface area contributed by atoms with E-state index < -0.39 is 23.5 Å². The third kappa shape index (κ3) is 2.73. The number of ether oxygens (including phenoxy) is 2. The molecule has 1 aromatic rings. The summed E-state index contributed by atoms with van der Waals surface area (Å²) in [7, 11) is 2.58. The number of hydrogen-bond acceptors (Lipinski definition) is 4. The Morgan fingerprint density at radius 1 is 1.18 bits per heavy atom. The Morgan fingerprint density at radius 3 is 2.06 bits per heavy atom. The number of alkyl halides is 3. The van der Waals surface area contributed by atoms with Gasteiger partial charge in [-0.3, -0.25) is 0 Å².